The summed E-state index contributed by atoms with van der Waals surface area (Å²) in [5.74, 6) is -0.636. The number of amides is 3. The molecule has 1 aliphatic heterocycles. The average Bonchev–Trinajstić information content (AvgIpc) is 2.68. The molecule has 27 heavy (non-hydrogen) atoms. The topological polar surface area (TPSA) is 75.4 Å². The molecule has 5 nitrogen and oxygen atoms in total. The van der Waals surface area contributed by atoms with Crippen LogP contribution in [-0.2, 0) is 4.79 Å². The van der Waals surface area contributed by atoms with Gasteiger partial charge in [0.15, 0.2) is 0 Å². The molecule has 1 atom stereocenters. The summed E-state index contributed by atoms with van der Waals surface area (Å²) >= 11 is 0. The van der Waals surface area contributed by atoms with Gasteiger partial charge in [0.1, 0.15) is 5.82 Å². The van der Waals surface area contributed by atoms with Crippen molar-refractivity contribution in [3.63, 3.8) is 0 Å². The Labute approximate surface area is 158 Å². The number of nitrogens with one attached hydrogen (secondary N) is 1. The van der Waals surface area contributed by atoms with Crippen LogP contribution < -0.4 is 11.1 Å². The molecule has 1 unspecified atom stereocenters. The second-order valence-electron chi connectivity index (χ2n) is 7.04. The molecule has 0 radical (unpaired) electrons. The van der Waals surface area contributed by atoms with E-state index in [0.717, 1.165) is 17.5 Å². The highest BCUT2D eigenvalue weighted by atomic mass is 19.1. The highest BCUT2D eigenvalue weighted by Gasteiger charge is 2.40. The van der Waals surface area contributed by atoms with Crippen LogP contribution in [0.2, 0.25) is 0 Å². The monoisotopic (exact) mass is 369 g/mol. The van der Waals surface area contributed by atoms with E-state index in [9.17, 15) is 14.0 Å². The van der Waals surface area contributed by atoms with Gasteiger partial charge in [0.2, 0.25) is 5.91 Å². The minimum atomic E-state index is -0.647. The molecule has 3 amide bonds. The Morgan fingerprint density at radius 3 is 2.59 bits per heavy atom. The number of carbonyl (C=O) groups excluding carboxylic acids is 2. The number of hydrogen-bond donors (Lipinski definition) is 2. The van der Waals surface area contributed by atoms with Crippen molar-refractivity contribution in [1.82, 2.24) is 4.90 Å². The molecule has 1 aliphatic rings. The van der Waals surface area contributed by atoms with Gasteiger partial charge in [-0.2, -0.15) is 0 Å². The number of likely N-dealkylation sites (tertiary alicyclic amines) is 1. The molecular formula is C21H24FN3O2. The number of anilines is 1. The molecule has 3 rings (SSSR count). The quantitative estimate of drug-likeness (QED) is 0.855. The fourth-order valence-electron chi connectivity index (χ4n) is 3.59. The number of rotatable bonds is 4. The Kier molecular flexibility index (Phi) is 5.44. The molecule has 0 spiro atoms. The predicted molar refractivity (Wildman–Crippen MR) is 104 cm³/mol. The fraction of sp³-hybridized carbons (Fsp3) is 0.333. The van der Waals surface area contributed by atoms with Crippen molar-refractivity contribution in [2.75, 3.05) is 18.4 Å². The Bertz CT molecular complexity index is 838. The molecule has 1 saturated heterocycles. The van der Waals surface area contributed by atoms with E-state index in [2.05, 4.69) is 5.32 Å². The number of carbonyl (C=O) groups is 2. The third-order valence-corrected chi connectivity index (χ3v) is 5.35. The highest BCUT2D eigenvalue weighted by Crippen LogP contribution is 2.33. The second-order valence-corrected chi connectivity index (χ2v) is 7.04. The fourth-order valence-corrected chi connectivity index (χ4v) is 3.59. The van der Waals surface area contributed by atoms with Gasteiger partial charge in [-0.3, -0.25) is 4.79 Å². The maximum Gasteiger partial charge on any atom is 0.321 e. The van der Waals surface area contributed by atoms with Gasteiger partial charge < -0.3 is 16.0 Å². The molecule has 0 bridgehead atoms. The van der Waals surface area contributed by atoms with Crippen molar-refractivity contribution in [2.45, 2.75) is 26.2 Å². The van der Waals surface area contributed by atoms with Crippen LogP contribution >= 0.6 is 0 Å². The minimum Gasteiger partial charge on any atom is -0.369 e. The minimum absolute atomic E-state index is 0.245. The zero-order valence-corrected chi connectivity index (χ0v) is 15.4. The molecule has 1 heterocycles. The Balaban J connectivity index is 1.73. The van der Waals surface area contributed by atoms with E-state index >= 15 is 0 Å². The molecule has 0 aliphatic carbocycles. The van der Waals surface area contributed by atoms with E-state index < -0.39 is 5.41 Å². The normalized spacial score (nSPS) is 19.6. The number of benzene rings is 2. The van der Waals surface area contributed by atoms with E-state index in [4.69, 9.17) is 5.73 Å². The zero-order valence-electron chi connectivity index (χ0n) is 15.4. The zero-order chi connectivity index (χ0) is 19.4. The lowest BCUT2D eigenvalue weighted by Crippen LogP contribution is -2.52. The third-order valence-electron chi connectivity index (χ3n) is 5.35. The molecule has 142 valence electrons. The van der Waals surface area contributed by atoms with Gasteiger partial charge in [-0.05, 0) is 54.7 Å². The number of nitrogens with zero attached hydrogens (tertiary/aromatic N) is 1. The molecule has 6 heteroatoms. The molecule has 3 N–H and O–H groups in total. The van der Waals surface area contributed by atoms with Gasteiger partial charge in [-0.25, -0.2) is 9.18 Å². The summed E-state index contributed by atoms with van der Waals surface area (Å²) in [4.78, 5) is 26.3. The Morgan fingerprint density at radius 2 is 1.93 bits per heavy atom. The van der Waals surface area contributed by atoms with Crippen LogP contribution in [-0.4, -0.2) is 29.9 Å². The summed E-state index contributed by atoms with van der Waals surface area (Å²) in [6, 6.07) is 13.3. The maximum absolute atomic E-state index is 13.1. The molecule has 0 saturated carbocycles. The predicted octanol–water partition coefficient (Wildman–Crippen LogP) is 4.00. The van der Waals surface area contributed by atoms with Crippen LogP contribution in [0.5, 0.6) is 0 Å². The van der Waals surface area contributed by atoms with Crippen LogP contribution in [0.25, 0.3) is 11.1 Å². The second kappa shape index (κ2) is 7.78. The van der Waals surface area contributed by atoms with E-state index in [1.165, 1.54) is 12.1 Å². The summed E-state index contributed by atoms with van der Waals surface area (Å²) in [7, 11) is 0. The van der Waals surface area contributed by atoms with Crippen molar-refractivity contribution in [1.29, 1.82) is 0 Å². The lowest BCUT2D eigenvalue weighted by Gasteiger charge is -2.40. The first kappa shape index (κ1) is 18.9. The van der Waals surface area contributed by atoms with Gasteiger partial charge in [0.25, 0.3) is 0 Å². The van der Waals surface area contributed by atoms with Crippen molar-refractivity contribution in [2.24, 2.45) is 11.1 Å². The average molecular weight is 369 g/mol. The van der Waals surface area contributed by atoms with Crippen molar-refractivity contribution in [3.8, 4) is 11.1 Å². The van der Waals surface area contributed by atoms with Gasteiger partial charge >= 0.3 is 6.03 Å². The van der Waals surface area contributed by atoms with Crippen LogP contribution in [0.3, 0.4) is 0 Å². The summed E-state index contributed by atoms with van der Waals surface area (Å²) < 4.78 is 13.1. The number of halogens is 1. The molecule has 1 fully saturated rings. The van der Waals surface area contributed by atoms with Crippen LogP contribution in [0, 0.1) is 11.2 Å². The van der Waals surface area contributed by atoms with E-state index in [1.54, 1.807) is 23.1 Å². The summed E-state index contributed by atoms with van der Waals surface area (Å²) in [6.45, 7) is 2.86. The van der Waals surface area contributed by atoms with Crippen molar-refractivity contribution < 1.29 is 14.0 Å². The van der Waals surface area contributed by atoms with Crippen molar-refractivity contribution >= 4 is 17.6 Å². The van der Waals surface area contributed by atoms with E-state index in [1.807, 2.05) is 25.1 Å². The summed E-state index contributed by atoms with van der Waals surface area (Å²) in [5.41, 5.74) is 7.34. The summed E-state index contributed by atoms with van der Waals surface area (Å²) in [5, 5.41) is 2.89. The first-order chi connectivity index (χ1) is 12.9. The first-order valence-electron chi connectivity index (χ1n) is 9.15. The number of hydrogen-bond acceptors (Lipinski definition) is 2. The SMILES string of the molecule is CCC1(C(N)=O)CCCN(C(=O)Nc2cccc(-c3ccc(F)cc3)c2)C1. The standard InChI is InChI=1S/C21H24FN3O2/c1-2-21(19(23)26)11-4-12-25(14-21)20(27)24-18-6-3-5-16(13-18)15-7-9-17(22)10-8-15/h3,5-10,13H,2,4,11-12,14H2,1H3,(H2,23,26)(H,24,27). The van der Waals surface area contributed by atoms with Crippen molar-refractivity contribution in [3.05, 3.63) is 54.3 Å². The lowest BCUT2D eigenvalue weighted by molar-refractivity contribution is -0.130. The molecule has 2 aromatic rings. The lowest BCUT2D eigenvalue weighted by atomic mass is 9.77. The molecule has 2 aromatic carbocycles. The number of urea groups is 1. The number of piperidine rings is 1. The van der Waals surface area contributed by atoms with Gasteiger partial charge in [-0.1, -0.05) is 31.2 Å². The third kappa shape index (κ3) is 4.10. The number of primary amides is 1. The largest absolute Gasteiger partial charge is 0.369 e. The first-order valence-corrected chi connectivity index (χ1v) is 9.15. The highest BCUT2D eigenvalue weighted by molar-refractivity contribution is 5.91. The molecule has 0 aromatic heterocycles. The van der Waals surface area contributed by atoms with E-state index in [0.29, 0.717) is 31.6 Å². The van der Waals surface area contributed by atoms with Crippen LogP contribution in [0.1, 0.15) is 26.2 Å². The Morgan fingerprint density at radius 1 is 1.19 bits per heavy atom. The van der Waals surface area contributed by atoms with Gasteiger partial charge in [-0.15, -0.1) is 0 Å². The smallest absolute Gasteiger partial charge is 0.321 e. The van der Waals surface area contributed by atoms with Gasteiger partial charge in [0.05, 0.1) is 5.41 Å². The van der Waals surface area contributed by atoms with Crippen LogP contribution in [0.15, 0.2) is 48.5 Å². The molecular weight excluding hydrogens is 345 g/mol. The van der Waals surface area contributed by atoms with Gasteiger partial charge in [0, 0.05) is 18.8 Å². The van der Waals surface area contributed by atoms with E-state index in [-0.39, 0.29) is 17.8 Å². The Hall–Kier alpha value is -2.89. The summed E-state index contributed by atoms with van der Waals surface area (Å²) in [6.07, 6.45) is 2.08. The van der Waals surface area contributed by atoms with Crippen LogP contribution in [0.4, 0.5) is 14.9 Å². The number of nitrogens with two attached hydrogens (primary N) is 1. The maximum atomic E-state index is 13.1.